The standard InChI is InChI=1S/C13H9N3O3/c14-6-5-9-1-3-11(4-2-9)19-13-15-7-10(8-16-13)12(17)18/h1-4,7-8H,5H2,(H,17,18). The van der Waals surface area contributed by atoms with Crippen molar-refractivity contribution in [3.63, 3.8) is 0 Å². The maximum Gasteiger partial charge on any atom is 0.338 e. The lowest BCUT2D eigenvalue weighted by Crippen LogP contribution is -1.99. The molecule has 0 radical (unpaired) electrons. The van der Waals surface area contributed by atoms with E-state index in [0.717, 1.165) is 5.56 Å². The summed E-state index contributed by atoms with van der Waals surface area (Å²) in [5, 5.41) is 17.2. The number of aromatic nitrogens is 2. The first-order valence-corrected chi connectivity index (χ1v) is 5.38. The average Bonchev–Trinajstić information content (AvgIpc) is 2.42. The van der Waals surface area contributed by atoms with Gasteiger partial charge in [0.25, 0.3) is 0 Å². The summed E-state index contributed by atoms with van der Waals surface area (Å²) in [6.07, 6.45) is 2.69. The molecular formula is C13H9N3O3. The molecule has 6 heteroatoms. The van der Waals surface area contributed by atoms with Crippen molar-refractivity contribution in [3.05, 3.63) is 47.8 Å². The van der Waals surface area contributed by atoms with E-state index in [2.05, 4.69) is 9.97 Å². The van der Waals surface area contributed by atoms with E-state index in [4.69, 9.17) is 15.1 Å². The first-order valence-electron chi connectivity index (χ1n) is 5.38. The van der Waals surface area contributed by atoms with E-state index in [9.17, 15) is 4.79 Å². The maximum absolute atomic E-state index is 10.6. The molecule has 1 N–H and O–H groups in total. The molecule has 1 aromatic heterocycles. The largest absolute Gasteiger partial charge is 0.478 e. The van der Waals surface area contributed by atoms with Gasteiger partial charge < -0.3 is 9.84 Å². The summed E-state index contributed by atoms with van der Waals surface area (Å²) < 4.78 is 5.35. The number of hydrogen-bond donors (Lipinski definition) is 1. The highest BCUT2D eigenvalue weighted by molar-refractivity contribution is 5.86. The molecule has 0 aliphatic carbocycles. The summed E-state index contributed by atoms with van der Waals surface area (Å²) in [4.78, 5) is 18.2. The van der Waals surface area contributed by atoms with Gasteiger partial charge in [0.2, 0.25) is 0 Å². The first-order chi connectivity index (χ1) is 9.19. The molecule has 0 amide bonds. The van der Waals surface area contributed by atoms with Gasteiger partial charge in [-0.05, 0) is 17.7 Å². The van der Waals surface area contributed by atoms with Crippen LogP contribution in [-0.2, 0) is 6.42 Å². The number of aromatic carboxylic acids is 1. The Kier molecular flexibility index (Phi) is 3.69. The van der Waals surface area contributed by atoms with Crippen molar-refractivity contribution in [1.29, 1.82) is 5.26 Å². The Morgan fingerprint density at radius 2 is 1.89 bits per heavy atom. The Hall–Kier alpha value is -2.94. The predicted molar refractivity (Wildman–Crippen MR) is 64.8 cm³/mol. The first kappa shape index (κ1) is 12.5. The second-order valence-corrected chi connectivity index (χ2v) is 3.64. The molecule has 2 aromatic rings. The van der Waals surface area contributed by atoms with Gasteiger partial charge in [-0.15, -0.1) is 0 Å². The number of carboxylic acids is 1. The van der Waals surface area contributed by atoms with E-state index in [1.165, 1.54) is 12.4 Å². The van der Waals surface area contributed by atoms with Crippen molar-refractivity contribution in [1.82, 2.24) is 9.97 Å². The van der Waals surface area contributed by atoms with Crippen molar-refractivity contribution < 1.29 is 14.6 Å². The van der Waals surface area contributed by atoms with Gasteiger partial charge >= 0.3 is 12.0 Å². The van der Waals surface area contributed by atoms with Crippen LogP contribution in [0.3, 0.4) is 0 Å². The second kappa shape index (κ2) is 5.60. The van der Waals surface area contributed by atoms with Crippen molar-refractivity contribution in [2.24, 2.45) is 0 Å². The highest BCUT2D eigenvalue weighted by Crippen LogP contribution is 2.18. The number of hydrogen-bond acceptors (Lipinski definition) is 5. The van der Waals surface area contributed by atoms with Crippen LogP contribution in [-0.4, -0.2) is 21.0 Å². The van der Waals surface area contributed by atoms with Crippen LogP contribution in [0, 0.1) is 11.3 Å². The molecule has 94 valence electrons. The number of nitrogens with zero attached hydrogens (tertiary/aromatic N) is 3. The molecule has 2 rings (SSSR count). The van der Waals surface area contributed by atoms with Crippen molar-refractivity contribution in [3.8, 4) is 17.8 Å². The molecule has 1 aromatic carbocycles. The Morgan fingerprint density at radius 3 is 2.42 bits per heavy atom. The molecule has 0 spiro atoms. The molecule has 0 aliphatic heterocycles. The van der Waals surface area contributed by atoms with Gasteiger partial charge in [0.1, 0.15) is 5.75 Å². The zero-order valence-corrected chi connectivity index (χ0v) is 9.78. The average molecular weight is 255 g/mol. The van der Waals surface area contributed by atoms with Gasteiger partial charge in [0.05, 0.1) is 18.1 Å². The molecule has 0 saturated carbocycles. The molecule has 1 heterocycles. The van der Waals surface area contributed by atoms with Crippen molar-refractivity contribution in [2.45, 2.75) is 6.42 Å². The summed E-state index contributed by atoms with van der Waals surface area (Å²) in [5.74, 6) is -0.572. The fourth-order valence-corrected chi connectivity index (χ4v) is 1.35. The summed E-state index contributed by atoms with van der Waals surface area (Å²) in [5.41, 5.74) is 0.883. The number of ether oxygens (including phenoxy) is 1. The minimum atomic E-state index is -1.09. The van der Waals surface area contributed by atoms with E-state index in [1.54, 1.807) is 24.3 Å². The summed E-state index contributed by atoms with van der Waals surface area (Å²) in [6, 6.07) is 9.04. The van der Waals surface area contributed by atoms with Gasteiger partial charge in [-0.25, -0.2) is 14.8 Å². The normalized spacial score (nSPS) is 9.63. The number of benzene rings is 1. The molecule has 0 atom stereocenters. The van der Waals surface area contributed by atoms with Crippen LogP contribution < -0.4 is 4.74 Å². The Balaban J connectivity index is 2.08. The van der Waals surface area contributed by atoms with Crippen LogP contribution in [0.2, 0.25) is 0 Å². The Bertz CT molecular complexity index is 615. The van der Waals surface area contributed by atoms with Crippen LogP contribution in [0.5, 0.6) is 11.8 Å². The van der Waals surface area contributed by atoms with Gasteiger partial charge in [-0.3, -0.25) is 0 Å². The van der Waals surface area contributed by atoms with E-state index in [-0.39, 0.29) is 11.6 Å². The van der Waals surface area contributed by atoms with Gasteiger partial charge in [0, 0.05) is 12.4 Å². The zero-order valence-electron chi connectivity index (χ0n) is 9.78. The quantitative estimate of drug-likeness (QED) is 0.897. The fraction of sp³-hybridized carbons (Fsp3) is 0.0769. The third-order valence-corrected chi connectivity index (χ3v) is 2.29. The van der Waals surface area contributed by atoms with Gasteiger partial charge in [0.15, 0.2) is 0 Å². The molecule has 0 aliphatic rings. The predicted octanol–water partition coefficient (Wildman–Crippen LogP) is 2.03. The van der Waals surface area contributed by atoms with E-state index in [0.29, 0.717) is 12.2 Å². The van der Waals surface area contributed by atoms with Crippen molar-refractivity contribution in [2.75, 3.05) is 0 Å². The number of carboxylic acid groups (broad SMARTS) is 1. The lowest BCUT2D eigenvalue weighted by molar-refractivity contribution is 0.0696. The van der Waals surface area contributed by atoms with Crippen LogP contribution in [0.1, 0.15) is 15.9 Å². The fourth-order valence-electron chi connectivity index (χ4n) is 1.35. The van der Waals surface area contributed by atoms with Crippen LogP contribution in [0.15, 0.2) is 36.7 Å². The minimum absolute atomic E-state index is 0.00304. The number of carbonyl (C=O) groups is 1. The highest BCUT2D eigenvalue weighted by atomic mass is 16.5. The lowest BCUT2D eigenvalue weighted by Gasteiger charge is -2.04. The SMILES string of the molecule is N#CCc1ccc(Oc2ncc(C(=O)O)cn2)cc1. The molecule has 19 heavy (non-hydrogen) atoms. The molecule has 0 fully saturated rings. The number of rotatable bonds is 4. The molecule has 0 unspecified atom stereocenters. The highest BCUT2D eigenvalue weighted by Gasteiger charge is 2.05. The van der Waals surface area contributed by atoms with Crippen LogP contribution in [0.25, 0.3) is 0 Å². The van der Waals surface area contributed by atoms with E-state index < -0.39 is 5.97 Å². The summed E-state index contributed by atoms with van der Waals surface area (Å²) >= 11 is 0. The van der Waals surface area contributed by atoms with Crippen LogP contribution >= 0.6 is 0 Å². The Morgan fingerprint density at radius 1 is 1.26 bits per heavy atom. The maximum atomic E-state index is 10.6. The topological polar surface area (TPSA) is 96.1 Å². The second-order valence-electron chi connectivity index (χ2n) is 3.64. The molecule has 0 saturated heterocycles. The summed E-state index contributed by atoms with van der Waals surface area (Å²) in [7, 11) is 0. The van der Waals surface area contributed by atoms with Crippen molar-refractivity contribution >= 4 is 5.97 Å². The summed E-state index contributed by atoms with van der Waals surface area (Å²) in [6.45, 7) is 0. The Labute approximate surface area is 108 Å². The monoisotopic (exact) mass is 255 g/mol. The number of nitriles is 1. The molecule has 0 bridgehead atoms. The van der Waals surface area contributed by atoms with Gasteiger partial charge in [-0.1, -0.05) is 12.1 Å². The zero-order chi connectivity index (χ0) is 13.7. The minimum Gasteiger partial charge on any atom is -0.478 e. The lowest BCUT2D eigenvalue weighted by atomic mass is 10.2. The third-order valence-electron chi connectivity index (χ3n) is 2.29. The third kappa shape index (κ3) is 3.26. The molecule has 6 nitrogen and oxygen atoms in total. The smallest absolute Gasteiger partial charge is 0.338 e. The van der Waals surface area contributed by atoms with E-state index >= 15 is 0 Å². The van der Waals surface area contributed by atoms with Gasteiger partial charge in [-0.2, -0.15) is 5.26 Å². The van der Waals surface area contributed by atoms with E-state index in [1.807, 2.05) is 6.07 Å². The van der Waals surface area contributed by atoms with Crippen LogP contribution in [0.4, 0.5) is 0 Å². The molecular weight excluding hydrogens is 246 g/mol.